The van der Waals surface area contributed by atoms with Crippen LogP contribution in [0.25, 0.3) is 0 Å². The summed E-state index contributed by atoms with van der Waals surface area (Å²) in [5, 5.41) is 9.51. The zero-order valence-corrected chi connectivity index (χ0v) is 7.57. The van der Waals surface area contributed by atoms with Crippen LogP contribution in [0.1, 0.15) is 6.92 Å². The molecule has 0 amide bonds. The fourth-order valence-electron chi connectivity index (χ4n) is 1.58. The molecule has 2 unspecified atom stereocenters. The van der Waals surface area contributed by atoms with Crippen molar-refractivity contribution in [1.82, 2.24) is 4.90 Å². The quantitative estimate of drug-likeness (QED) is 0.575. The summed E-state index contributed by atoms with van der Waals surface area (Å²) in [6.07, 6.45) is -0.349. The Kier molecular flexibility index (Phi) is 3.94. The first-order chi connectivity index (χ1) is 5.77. The van der Waals surface area contributed by atoms with Gasteiger partial charge in [0.15, 0.2) is 0 Å². The van der Waals surface area contributed by atoms with Gasteiger partial charge in [0.25, 0.3) is 0 Å². The lowest BCUT2D eigenvalue weighted by Crippen LogP contribution is -2.28. The molecule has 4 heteroatoms. The highest BCUT2D eigenvalue weighted by Gasteiger charge is 2.30. The number of ether oxygens (including phenoxy) is 1. The van der Waals surface area contributed by atoms with Crippen molar-refractivity contribution >= 4 is 0 Å². The molecule has 3 N–H and O–H groups in total. The smallest absolute Gasteiger partial charge is 0.0972 e. The van der Waals surface area contributed by atoms with Crippen LogP contribution >= 0.6 is 0 Å². The zero-order chi connectivity index (χ0) is 8.97. The predicted octanol–water partition coefficient (Wildman–Crippen LogP) is -0.973. The average molecular weight is 174 g/mol. The number of likely N-dealkylation sites (tertiary alicyclic amines) is 1. The van der Waals surface area contributed by atoms with Crippen molar-refractivity contribution in [2.45, 2.75) is 19.1 Å². The average Bonchev–Trinajstić information content (AvgIpc) is 2.34. The zero-order valence-electron chi connectivity index (χ0n) is 7.57. The van der Waals surface area contributed by atoms with Gasteiger partial charge in [-0.25, -0.2) is 0 Å². The monoisotopic (exact) mass is 174 g/mol. The van der Waals surface area contributed by atoms with Gasteiger partial charge in [0.1, 0.15) is 0 Å². The second-order valence-corrected chi connectivity index (χ2v) is 3.11. The Morgan fingerprint density at radius 2 is 2.33 bits per heavy atom. The molecule has 0 spiro atoms. The number of aliphatic hydroxyl groups excluding tert-OH is 1. The number of aliphatic hydroxyl groups is 1. The van der Waals surface area contributed by atoms with Crippen LogP contribution in [0, 0.1) is 0 Å². The van der Waals surface area contributed by atoms with Crippen molar-refractivity contribution in [3.05, 3.63) is 0 Å². The highest BCUT2D eigenvalue weighted by Crippen LogP contribution is 2.12. The molecule has 1 saturated heterocycles. The molecule has 0 saturated carbocycles. The van der Waals surface area contributed by atoms with Gasteiger partial charge >= 0.3 is 0 Å². The fraction of sp³-hybridized carbons (Fsp3) is 1.00. The molecule has 12 heavy (non-hydrogen) atoms. The van der Waals surface area contributed by atoms with Gasteiger partial charge in [-0.15, -0.1) is 0 Å². The summed E-state index contributed by atoms with van der Waals surface area (Å²) in [7, 11) is 0. The summed E-state index contributed by atoms with van der Waals surface area (Å²) in [5.41, 5.74) is 5.41. The van der Waals surface area contributed by atoms with E-state index in [1.807, 2.05) is 6.92 Å². The van der Waals surface area contributed by atoms with Crippen molar-refractivity contribution in [3.63, 3.8) is 0 Å². The molecule has 0 bridgehead atoms. The third kappa shape index (κ3) is 2.42. The number of nitrogens with zero attached hydrogens (tertiary/aromatic N) is 1. The van der Waals surface area contributed by atoms with Crippen molar-refractivity contribution in [2.75, 3.05) is 32.8 Å². The summed E-state index contributed by atoms with van der Waals surface area (Å²) < 4.78 is 5.36. The Bertz CT molecular complexity index is 132. The van der Waals surface area contributed by atoms with E-state index in [-0.39, 0.29) is 12.2 Å². The van der Waals surface area contributed by atoms with Gasteiger partial charge < -0.3 is 15.6 Å². The molecule has 0 aromatic carbocycles. The van der Waals surface area contributed by atoms with Crippen LogP contribution in [-0.4, -0.2) is 55.0 Å². The van der Waals surface area contributed by atoms with Gasteiger partial charge in [-0.05, 0) is 6.92 Å². The van der Waals surface area contributed by atoms with Crippen LogP contribution in [-0.2, 0) is 4.74 Å². The van der Waals surface area contributed by atoms with E-state index >= 15 is 0 Å². The normalized spacial score (nSPS) is 31.2. The molecule has 1 rings (SSSR count). The maximum atomic E-state index is 9.51. The molecule has 1 fully saturated rings. The van der Waals surface area contributed by atoms with Crippen LogP contribution in [0.3, 0.4) is 0 Å². The van der Waals surface area contributed by atoms with Crippen LogP contribution in [0.2, 0.25) is 0 Å². The summed E-state index contributed by atoms with van der Waals surface area (Å²) in [6.45, 7) is 5.61. The molecule has 1 aliphatic rings. The van der Waals surface area contributed by atoms with E-state index in [0.29, 0.717) is 19.7 Å². The topological polar surface area (TPSA) is 58.7 Å². The molecule has 0 radical (unpaired) electrons. The standard InChI is InChI=1S/C8H18N2O2/c1-2-12-8-6-10(4-3-9)5-7(8)11/h7-8,11H,2-6,9H2,1H3. The van der Waals surface area contributed by atoms with Crippen LogP contribution < -0.4 is 5.73 Å². The van der Waals surface area contributed by atoms with Gasteiger partial charge in [-0.1, -0.05) is 0 Å². The molecule has 0 aliphatic carbocycles. The Labute approximate surface area is 73.3 Å². The summed E-state index contributed by atoms with van der Waals surface area (Å²) in [4.78, 5) is 2.13. The molecule has 0 aromatic rings. The largest absolute Gasteiger partial charge is 0.389 e. The van der Waals surface area contributed by atoms with Crippen LogP contribution in [0.4, 0.5) is 0 Å². The van der Waals surface area contributed by atoms with E-state index in [9.17, 15) is 5.11 Å². The van der Waals surface area contributed by atoms with Gasteiger partial charge in [-0.2, -0.15) is 0 Å². The number of β-amino-alcohol motifs (C(OH)–C–C–N with tert-alkyl or cyclic N) is 1. The van der Waals surface area contributed by atoms with Crippen molar-refractivity contribution < 1.29 is 9.84 Å². The summed E-state index contributed by atoms with van der Waals surface area (Å²) >= 11 is 0. The lowest BCUT2D eigenvalue weighted by Gasteiger charge is -2.13. The second-order valence-electron chi connectivity index (χ2n) is 3.11. The van der Waals surface area contributed by atoms with E-state index in [1.165, 1.54) is 0 Å². The third-order valence-corrected chi connectivity index (χ3v) is 2.14. The Morgan fingerprint density at radius 1 is 1.58 bits per heavy atom. The lowest BCUT2D eigenvalue weighted by molar-refractivity contribution is -0.00240. The molecule has 1 aliphatic heterocycles. The molecule has 2 atom stereocenters. The highest BCUT2D eigenvalue weighted by molar-refractivity contribution is 4.84. The van der Waals surface area contributed by atoms with Gasteiger partial charge in [0.2, 0.25) is 0 Å². The van der Waals surface area contributed by atoms with E-state index in [4.69, 9.17) is 10.5 Å². The first kappa shape index (κ1) is 9.92. The highest BCUT2D eigenvalue weighted by atomic mass is 16.5. The first-order valence-electron chi connectivity index (χ1n) is 4.50. The maximum absolute atomic E-state index is 9.51. The van der Waals surface area contributed by atoms with Crippen molar-refractivity contribution in [1.29, 1.82) is 0 Å². The summed E-state index contributed by atoms with van der Waals surface area (Å²) in [5.74, 6) is 0. The fourth-order valence-corrected chi connectivity index (χ4v) is 1.58. The Hall–Kier alpha value is -0.160. The van der Waals surface area contributed by atoms with E-state index in [0.717, 1.165) is 13.1 Å². The third-order valence-electron chi connectivity index (χ3n) is 2.14. The second kappa shape index (κ2) is 4.77. The number of hydrogen-bond donors (Lipinski definition) is 2. The molecule has 72 valence electrons. The Balaban J connectivity index is 2.29. The first-order valence-corrected chi connectivity index (χ1v) is 4.50. The minimum absolute atomic E-state index is 0.0125. The Morgan fingerprint density at radius 3 is 2.92 bits per heavy atom. The number of hydrogen-bond acceptors (Lipinski definition) is 4. The summed E-state index contributed by atoms with van der Waals surface area (Å²) in [6, 6.07) is 0. The van der Waals surface area contributed by atoms with Crippen LogP contribution in [0.5, 0.6) is 0 Å². The van der Waals surface area contributed by atoms with Gasteiger partial charge in [0, 0.05) is 32.8 Å². The van der Waals surface area contributed by atoms with E-state index < -0.39 is 0 Å². The van der Waals surface area contributed by atoms with Crippen LogP contribution in [0.15, 0.2) is 0 Å². The minimum atomic E-state index is -0.337. The number of nitrogens with two attached hydrogens (primary N) is 1. The van der Waals surface area contributed by atoms with E-state index in [1.54, 1.807) is 0 Å². The molecule has 4 nitrogen and oxygen atoms in total. The number of rotatable bonds is 4. The molecule has 1 heterocycles. The lowest BCUT2D eigenvalue weighted by atomic mass is 10.3. The molecular formula is C8H18N2O2. The van der Waals surface area contributed by atoms with Gasteiger partial charge in [0.05, 0.1) is 12.2 Å². The molecular weight excluding hydrogens is 156 g/mol. The molecule has 0 aromatic heterocycles. The predicted molar refractivity (Wildman–Crippen MR) is 46.9 cm³/mol. The van der Waals surface area contributed by atoms with Crippen molar-refractivity contribution in [3.8, 4) is 0 Å². The maximum Gasteiger partial charge on any atom is 0.0972 e. The van der Waals surface area contributed by atoms with Gasteiger partial charge in [-0.3, -0.25) is 4.90 Å². The van der Waals surface area contributed by atoms with Crippen molar-refractivity contribution in [2.24, 2.45) is 5.73 Å². The minimum Gasteiger partial charge on any atom is -0.389 e. The van der Waals surface area contributed by atoms with E-state index in [2.05, 4.69) is 4.90 Å². The SMILES string of the molecule is CCOC1CN(CCN)CC1O.